The molecule has 0 aliphatic rings. The summed E-state index contributed by atoms with van der Waals surface area (Å²) in [6.45, 7) is 6.11. The summed E-state index contributed by atoms with van der Waals surface area (Å²) in [5, 5.41) is 17.1. The standard InChI is InChI=1S/C31H27N5OS/c1-4-20-9-15-23(16-10-20)35-31-26(30(37)34-22-13-7-19(3)8-14-22)27-28(38-31)25(24(17-32)29(33)36-27)21-11-5-18(2)6-12-21/h5-16,35H,4H2,1-3H3,(H2,33,36)(H,34,37). The van der Waals surface area contributed by atoms with Crippen LogP contribution in [0.3, 0.4) is 0 Å². The molecule has 3 aromatic carbocycles. The molecule has 5 rings (SSSR count). The molecule has 6 nitrogen and oxygen atoms in total. The van der Waals surface area contributed by atoms with Gasteiger partial charge in [-0.2, -0.15) is 5.26 Å². The molecule has 0 radical (unpaired) electrons. The lowest BCUT2D eigenvalue weighted by Gasteiger charge is -2.10. The smallest absolute Gasteiger partial charge is 0.260 e. The molecule has 188 valence electrons. The molecule has 0 fully saturated rings. The van der Waals surface area contributed by atoms with Gasteiger partial charge >= 0.3 is 0 Å². The van der Waals surface area contributed by atoms with E-state index in [2.05, 4.69) is 40.7 Å². The van der Waals surface area contributed by atoms with Crippen molar-refractivity contribution in [2.45, 2.75) is 27.2 Å². The van der Waals surface area contributed by atoms with Gasteiger partial charge < -0.3 is 16.4 Å². The van der Waals surface area contributed by atoms with Crippen LogP contribution in [-0.2, 0) is 6.42 Å². The first-order valence-corrected chi connectivity index (χ1v) is 13.2. The lowest BCUT2D eigenvalue weighted by atomic mass is 9.99. The van der Waals surface area contributed by atoms with E-state index >= 15 is 0 Å². The van der Waals surface area contributed by atoms with Crippen LogP contribution in [0.1, 0.15) is 39.5 Å². The maximum absolute atomic E-state index is 13.8. The van der Waals surface area contributed by atoms with E-state index < -0.39 is 0 Å². The highest BCUT2D eigenvalue weighted by Gasteiger charge is 2.26. The average molecular weight is 518 g/mol. The van der Waals surface area contributed by atoms with Gasteiger partial charge in [-0.05, 0) is 55.7 Å². The van der Waals surface area contributed by atoms with Crippen molar-refractivity contribution < 1.29 is 4.79 Å². The van der Waals surface area contributed by atoms with Gasteiger partial charge in [0.25, 0.3) is 5.91 Å². The van der Waals surface area contributed by atoms with Crippen LogP contribution in [0.2, 0.25) is 0 Å². The molecule has 0 saturated heterocycles. The van der Waals surface area contributed by atoms with E-state index in [1.807, 2.05) is 74.5 Å². The van der Waals surface area contributed by atoms with Crippen molar-refractivity contribution in [2.75, 3.05) is 16.4 Å². The lowest BCUT2D eigenvalue weighted by molar-refractivity contribution is 0.102. The third kappa shape index (κ3) is 4.82. The molecular weight excluding hydrogens is 490 g/mol. The van der Waals surface area contributed by atoms with Crippen LogP contribution >= 0.6 is 11.3 Å². The predicted molar refractivity (Wildman–Crippen MR) is 157 cm³/mol. The number of amides is 1. The summed E-state index contributed by atoms with van der Waals surface area (Å²) >= 11 is 1.39. The number of pyridine rings is 1. The summed E-state index contributed by atoms with van der Waals surface area (Å²) in [5.74, 6) is -0.212. The Morgan fingerprint density at radius 3 is 2.16 bits per heavy atom. The van der Waals surface area contributed by atoms with Gasteiger partial charge in [0.15, 0.2) is 0 Å². The minimum Gasteiger partial charge on any atom is -0.383 e. The monoisotopic (exact) mass is 517 g/mol. The van der Waals surface area contributed by atoms with Crippen molar-refractivity contribution in [3.63, 3.8) is 0 Å². The Morgan fingerprint density at radius 2 is 1.55 bits per heavy atom. The second-order valence-electron chi connectivity index (χ2n) is 9.20. The van der Waals surface area contributed by atoms with Gasteiger partial charge in [0.05, 0.1) is 10.2 Å². The normalized spacial score (nSPS) is 10.8. The quantitative estimate of drug-likeness (QED) is 0.215. The molecule has 0 unspecified atom stereocenters. The third-order valence-electron chi connectivity index (χ3n) is 6.46. The van der Waals surface area contributed by atoms with Crippen molar-refractivity contribution in [1.29, 1.82) is 5.26 Å². The van der Waals surface area contributed by atoms with E-state index in [1.165, 1.54) is 16.9 Å². The fourth-order valence-electron chi connectivity index (χ4n) is 4.31. The first-order valence-electron chi connectivity index (χ1n) is 12.3. The van der Waals surface area contributed by atoms with E-state index in [9.17, 15) is 10.1 Å². The lowest BCUT2D eigenvalue weighted by Crippen LogP contribution is -2.13. The Bertz CT molecular complexity index is 1680. The van der Waals surface area contributed by atoms with Crippen LogP contribution in [0.15, 0.2) is 72.8 Å². The molecule has 0 aliphatic carbocycles. The van der Waals surface area contributed by atoms with Crippen molar-refractivity contribution in [3.05, 3.63) is 101 Å². The molecular formula is C31H27N5OS. The number of nitrogens with zero attached hydrogens (tertiary/aromatic N) is 2. The average Bonchev–Trinajstić information content (AvgIpc) is 3.27. The molecule has 0 bridgehead atoms. The van der Waals surface area contributed by atoms with E-state index in [0.717, 1.165) is 33.5 Å². The van der Waals surface area contributed by atoms with Crippen LogP contribution in [0.4, 0.5) is 22.2 Å². The number of nitrogen functional groups attached to an aromatic ring is 1. The maximum Gasteiger partial charge on any atom is 0.260 e. The minimum atomic E-state index is -0.306. The third-order valence-corrected chi connectivity index (χ3v) is 7.57. The highest BCUT2D eigenvalue weighted by molar-refractivity contribution is 7.24. The molecule has 1 amide bonds. The summed E-state index contributed by atoms with van der Waals surface area (Å²) in [6, 6.07) is 25.9. The SMILES string of the molecule is CCc1ccc(Nc2sc3c(-c4ccc(C)cc4)c(C#N)c(N)nc3c2C(=O)Nc2ccc(C)cc2)cc1. The zero-order valence-electron chi connectivity index (χ0n) is 21.4. The number of fused-ring (bicyclic) bond motifs is 1. The minimum absolute atomic E-state index is 0.0941. The molecule has 4 N–H and O–H groups in total. The second kappa shape index (κ2) is 10.4. The van der Waals surface area contributed by atoms with Crippen LogP contribution in [-0.4, -0.2) is 10.9 Å². The number of thiophene rings is 1. The molecule has 0 saturated carbocycles. The number of hydrogen-bond acceptors (Lipinski definition) is 6. The number of nitrogens with one attached hydrogen (secondary N) is 2. The Labute approximate surface area is 225 Å². The van der Waals surface area contributed by atoms with Crippen LogP contribution in [0, 0.1) is 25.2 Å². The molecule has 2 heterocycles. The van der Waals surface area contributed by atoms with Crippen LogP contribution < -0.4 is 16.4 Å². The first kappa shape index (κ1) is 25.0. The number of aryl methyl sites for hydroxylation is 3. The van der Waals surface area contributed by atoms with Crippen LogP contribution in [0.25, 0.3) is 21.3 Å². The molecule has 2 aromatic heterocycles. The number of nitriles is 1. The van der Waals surface area contributed by atoms with Gasteiger partial charge in [-0.25, -0.2) is 4.98 Å². The van der Waals surface area contributed by atoms with Crippen molar-refractivity contribution in [1.82, 2.24) is 4.98 Å². The van der Waals surface area contributed by atoms with Gasteiger partial charge in [-0.3, -0.25) is 4.79 Å². The number of nitrogens with two attached hydrogens (primary N) is 1. The first-order chi connectivity index (χ1) is 18.4. The number of benzene rings is 3. The van der Waals surface area contributed by atoms with Crippen molar-refractivity contribution >= 4 is 49.7 Å². The van der Waals surface area contributed by atoms with E-state index in [1.54, 1.807) is 0 Å². The van der Waals surface area contributed by atoms with E-state index in [0.29, 0.717) is 32.9 Å². The van der Waals surface area contributed by atoms with Crippen molar-refractivity contribution in [3.8, 4) is 17.2 Å². The molecule has 5 aromatic rings. The molecule has 38 heavy (non-hydrogen) atoms. The number of carbonyl (C=O) groups excluding carboxylic acids is 1. The molecule has 7 heteroatoms. The Morgan fingerprint density at radius 1 is 0.947 bits per heavy atom. The summed E-state index contributed by atoms with van der Waals surface area (Å²) in [4.78, 5) is 18.3. The predicted octanol–water partition coefficient (Wildman–Crippen LogP) is 7.59. The van der Waals surface area contributed by atoms with E-state index in [-0.39, 0.29) is 11.7 Å². The molecule has 0 spiro atoms. The Balaban J connectivity index is 1.72. The molecule has 0 aliphatic heterocycles. The number of aromatic nitrogens is 1. The van der Waals surface area contributed by atoms with Crippen LogP contribution in [0.5, 0.6) is 0 Å². The van der Waals surface area contributed by atoms with Gasteiger partial charge in [-0.1, -0.05) is 66.6 Å². The largest absolute Gasteiger partial charge is 0.383 e. The number of carbonyl (C=O) groups is 1. The number of hydrogen-bond donors (Lipinski definition) is 3. The molecule has 0 atom stereocenters. The number of anilines is 4. The summed E-state index contributed by atoms with van der Waals surface area (Å²) in [7, 11) is 0. The Hall–Kier alpha value is -4.67. The van der Waals surface area contributed by atoms with Gasteiger partial charge in [0.1, 0.15) is 28.0 Å². The Kier molecular flexibility index (Phi) is 6.82. The fraction of sp³-hybridized carbons (Fsp3) is 0.129. The zero-order valence-corrected chi connectivity index (χ0v) is 22.2. The summed E-state index contributed by atoms with van der Waals surface area (Å²) < 4.78 is 0.723. The fourth-order valence-corrected chi connectivity index (χ4v) is 5.54. The highest BCUT2D eigenvalue weighted by atomic mass is 32.1. The highest BCUT2D eigenvalue weighted by Crippen LogP contribution is 2.44. The van der Waals surface area contributed by atoms with E-state index in [4.69, 9.17) is 5.73 Å². The number of rotatable bonds is 6. The van der Waals surface area contributed by atoms with Crippen molar-refractivity contribution in [2.24, 2.45) is 0 Å². The zero-order chi connectivity index (χ0) is 26.8. The van der Waals surface area contributed by atoms with Gasteiger partial charge in [0.2, 0.25) is 0 Å². The maximum atomic E-state index is 13.8. The van der Waals surface area contributed by atoms with Gasteiger partial charge in [-0.15, -0.1) is 11.3 Å². The summed E-state index contributed by atoms with van der Waals surface area (Å²) in [6.07, 6.45) is 0.938. The second-order valence-corrected chi connectivity index (χ2v) is 10.2. The topological polar surface area (TPSA) is 104 Å². The van der Waals surface area contributed by atoms with Gasteiger partial charge in [0, 0.05) is 16.9 Å². The summed E-state index contributed by atoms with van der Waals surface area (Å²) in [5.41, 5.74) is 13.9.